The van der Waals surface area contributed by atoms with Crippen molar-refractivity contribution in [1.82, 2.24) is 5.32 Å². The first-order chi connectivity index (χ1) is 12.6. The van der Waals surface area contributed by atoms with Gasteiger partial charge in [-0.15, -0.1) is 0 Å². The smallest absolute Gasteiger partial charge is 0.336 e. The van der Waals surface area contributed by atoms with Crippen LogP contribution >= 0.6 is 23.4 Å². The molecule has 5 nitrogen and oxygen atoms in total. The van der Waals surface area contributed by atoms with Crippen LogP contribution in [0.2, 0.25) is 5.02 Å². The summed E-state index contributed by atoms with van der Waals surface area (Å²) in [7, 11) is 0. The van der Waals surface area contributed by atoms with E-state index in [0.29, 0.717) is 26.4 Å². The zero-order chi connectivity index (χ0) is 18.1. The largest absolute Gasteiger partial charge is 0.423 e. The maximum Gasteiger partial charge on any atom is 0.336 e. The van der Waals surface area contributed by atoms with Gasteiger partial charge in [-0.2, -0.15) is 0 Å². The van der Waals surface area contributed by atoms with E-state index in [4.69, 9.17) is 16.0 Å². The molecule has 1 aromatic heterocycles. The Labute approximate surface area is 157 Å². The van der Waals surface area contributed by atoms with Gasteiger partial charge in [0.05, 0.1) is 15.6 Å². The third-order valence-corrected chi connectivity index (χ3v) is 4.90. The SMILES string of the molecule is O=C1NC(=Nc2ccccc2Cl)SC1=Cc1ccc2oc(=O)ccc2c1. The molecule has 0 radical (unpaired) electrons. The van der Waals surface area contributed by atoms with Crippen LogP contribution in [0.5, 0.6) is 0 Å². The zero-order valence-electron chi connectivity index (χ0n) is 13.2. The van der Waals surface area contributed by atoms with Gasteiger partial charge in [-0.05, 0) is 53.7 Å². The van der Waals surface area contributed by atoms with E-state index in [0.717, 1.165) is 10.9 Å². The standard InChI is InChI=1S/C19H11ClN2O3S/c20-13-3-1-2-4-14(13)21-19-22-18(24)16(26-19)10-11-5-7-15-12(9-11)6-8-17(23)25-15/h1-10H,(H,21,22,24). The van der Waals surface area contributed by atoms with Gasteiger partial charge >= 0.3 is 5.63 Å². The molecule has 2 aromatic carbocycles. The molecule has 0 aliphatic carbocycles. The van der Waals surface area contributed by atoms with Gasteiger partial charge < -0.3 is 9.73 Å². The quantitative estimate of drug-likeness (QED) is 0.528. The molecule has 0 spiro atoms. The number of nitrogens with one attached hydrogen (secondary N) is 1. The highest BCUT2D eigenvalue weighted by molar-refractivity contribution is 8.18. The normalized spacial score (nSPS) is 17.2. The second-order valence-corrected chi connectivity index (χ2v) is 6.92. The Balaban J connectivity index is 1.64. The number of aliphatic imine (C=N–C) groups is 1. The molecule has 128 valence electrons. The summed E-state index contributed by atoms with van der Waals surface area (Å²) in [4.78, 5) is 28.3. The van der Waals surface area contributed by atoms with Crippen molar-refractivity contribution in [3.8, 4) is 0 Å². The number of nitrogens with zero attached hydrogens (tertiary/aromatic N) is 1. The topological polar surface area (TPSA) is 71.7 Å². The first-order valence-corrected chi connectivity index (χ1v) is 8.86. The van der Waals surface area contributed by atoms with E-state index >= 15 is 0 Å². The van der Waals surface area contributed by atoms with Crippen LogP contribution in [0.4, 0.5) is 5.69 Å². The number of para-hydroxylation sites is 1. The number of amides is 1. The van der Waals surface area contributed by atoms with Crippen LogP contribution in [-0.2, 0) is 4.79 Å². The molecule has 1 saturated heterocycles. The third-order valence-electron chi connectivity index (χ3n) is 3.67. The average molecular weight is 383 g/mol. The van der Waals surface area contributed by atoms with E-state index in [1.807, 2.05) is 18.2 Å². The Morgan fingerprint density at radius 2 is 1.92 bits per heavy atom. The number of thioether (sulfide) groups is 1. The number of benzene rings is 2. The number of carbonyl (C=O) groups is 1. The lowest BCUT2D eigenvalue weighted by molar-refractivity contribution is -0.115. The Hall–Kier alpha value is -2.83. The van der Waals surface area contributed by atoms with E-state index in [1.165, 1.54) is 17.8 Å². The van der Waals surface area contributed by atoms with Crippen molar-refractivity contribution >= 4 is 57.2 Å². The highest BCUT2D eigenvalue weighted by atomic mass is 35.5. The minimum atomic E-state index is -0.394. The van der Waals surface area contributed by atoms with Crippen molar-refractivity contribution < 1.29 is 9.21 Å². The predicted molar refractivity (Wildman–Crippen MR) is 105 cm³/mol. The number of hydrogen-bond donors (Lipinski definition) is 1. The third kappa shape index (κ3) is 3.42. The average Bonchev–Trinajstić information content (AvgIpc) is 2.96. The summed E-state index contributed by atoms with van der Waals surface area (Å²) in [6, 6.07) is 15.6. The Kier molecular flexibility index (Phi) is 4.36. The Morgan fingerprint density at radius 1 is 1.08 bits per heavy atom. The summed E-state index contributed by atoms with van der Waals surface area (Å²) in [5.74, 6) is -0.222. The summed E-state index contributed by atoms with van der Waals surface area (Å²) < 4.78 is 5.11. The number of halogens is 1. The Bertz CT molecular complexity index is 1150. The van der Waals surface area contributed by atoms with Crippen LogP contribution in [0.3, 0.4) is 0 Å². The second-order valence-electron chi connectivity index (χ2n) is 5.48. The predicted octanol–water partition coefficient (Wildman–Crippen LogP) is 4.34. The van der Waals surface area contributed by atoms with Gasteiger partial charge in [-0.25, -0.2) is 9.79 Å². The van der Waals surface area contributed by atoms with Gasteiger partial charge in [0.1, 0.15) is 5.58 Å². The number of amidine groups is 1. The molecule has 1 aliphatic rings. The summed E-state index contributed by atoms with van der Waals surface area (Å²) in [5, 5.41) is 4.51. The summed E-state index contributed by atoms with van der Waals surface area (Å²) in [5.41, 5.74) is 1.53. The molecule has 0 atom stereocenters. The molecular formula is C19H11ClN2O3S. The molecule has 1 amide bonds. The second kappa shape index (κ2) is 6.82. The molecule has 0 unspecified atom stereocenters. The number of hydrogen-bond acceptors (Lipinski definition) is 5. The molecule has 0 bridgehead atoms. The molecule has 3 aromatic rings. The molecule has 0 saturated carbocycles. The van der Waals surface area contributed by atoms with E-state index in [1.54, 1.807) is 36.4 Å². The number of carbonyl (C=O) groups excluding carboxylic acids is 1. The molecule has 1 N–H and O–H groups in total. The van der Waals surface area contributed by atoms with Crippen LogP contribution in [0, 0.1) is 0 Å². The first-order valence-electron chi connectivity index (χ1n) is 7.66. The van der Waals surface area contributed by atoms with Gasteiger partial charge in [0.15, 0.2) is 5.17 Å². The number of fused-ring (bicyclic) bond motifs is 1. The van der Waals surface area contributed by atoms with Crippen molar-refractivity contribution in [2.75, 3.05) is 0 Å². The molecule has 26 heavy (non-hydrogen) atoms. The highest BCUT2D eigenvalue weighted by Gasteiger charge is 2.24. The van der Waals surface area contributed by atoms with Crippen LogP contribution in [0.1, 0.15) is 5.56 Å². The molecule has 1 fully saturated rings. The fourth-order valence-corrected chi connectivity index (χ4v) is 3.48. The van der Waals surface area contributed by atoms with Crippen molar-refractivity contribution in [3.63, 3.8) is 0 Å². The van der Waals surface area contributed by atoms with Gasteiger partial charge in [-0.3, -0.25) is 4.79 Å². The van der Waals surface area contributed by atoms with E-state index in [9.17, 15) is 9.59 Å². The summed E-state index contributed by atoms with van der Waals surface area (Å²) in [6.45, 7) is 0. The summed E-state index contributed by atoms with van der Waals surface area (Å²) in [6.07, 6.45) is 1.76. The molecule has 7 heteroatoms. The fraction of sp³-hybridized carbons (Fsp3) is 0. The van der Waals surface area contributed by atoms with Crippen molar-refractivity contribution in [2.24, 2.45) is 4.99 Å². The lowest BCUT2D eigenvalue weighted by Gasteiger charge is -1.99. The minimum Gasteiger partial charge on any atom is -0.423 e. The number of rotatable bonds is 2. The Morgan fingerprint density at radius 3 is 2.77 bits per heavy atom. The zero-order valence-corrected chi connectivity index (χ0v) is 14.8. The molecule has 2 heterocycles. The summed E-state index contributed by atoms with van der Waals surface area (Å²) >= 11 is 7.34. The lowest BCUT2D eigenvalue weighted by atomic mass is 10.1. The van der Waals surface area contributed by atoms with Crippen molar-refractivity contribution in [2.45, 2.75) is 0 Å². The molecule has 4 rings (SSSR count). The van der Waals surface area contributed by atoms with Crippen LogP contribution in [0.25, 0.3) is 17.0 Å². The van der Waals surface area contributed by atoms with E-state index in [-0.39, 0.29) is 5.91 Å². The van der Waals surface area contributed by atoms with Gasteiger partial charge in [-0.1, -0.05) is 29.8 Å². The maximum atomic E-state index is 12.2. The fourth-order valence-electron chi connectivity index (χ4n) is 2.46. The molecule has 1 aliphatic heterocycles. The monoisotopic (exact) mass is 382 g/mol. The molecular weight excluding hydrogens is 372 g/mol. The van der Waals surface area contributed by atoms with Crippen molar-refractivity contribution in [3.05, 3.63) is 80.5 Å². The van der Waals surface area contributed by atoms with E-state index < -0.39 is 5.63 Å². The maximum absolute atomic E-state index is 12.2. The highest BCUT2D eigenvalue weighted by Crippen LogP contribution is 2.31. The van der Waals surface area contributed by atoms with Crippen molar-refractivity contribution in [1.29, 1.82) is 0 Å². The van der Waals surface area contributed by atoms with Crippen LogP contribution in [0.15, 0.2) is 73.7 Å². The van der Waals surface area contributed by atoms with Gasteiger partial charge in [0.25, 0.3) is 5.91 Å². The first kappa shape index (κ1) is 16.6. The van der Waals surface area contributed by atoms with Crippen LogP contribution in [-0.4, -0.2) is 11.1 Å². The minimum absolute atomic E-state index is 0.222. The van der Waals surface area contributed by atoms with Gasteiger partial charge in [0, 0.05) is 11.5 Å². The van der Waals surface area contributed by atoms with Gasteiger partial charge in [0.2, 0.25) is 0 Å². The van der Waals surface area contributed by atoms with Crippen LogP contribution < -0.4 is 10.9 Å². The van der Waals surface area contributed by atoms with E-state index in [2.05, 4.69) is 10.3 Å². The lowest BCUT2D eigenvalue weighted by Crippen LogP contribution is -2.19.